The molecule has 5 rings (SSSR count). The third kappa shape index (κ3) is 4.97. The number of hydrogen-bond donors (Lipinski definition) is 2. The van der Waals surface area contributed by atoms with Crippen molar-refractivity contribution >= 4 is 21.4 Å². The summed E-state index contributed by atoms with van der Waals surface area (Å²) < 4.78 is 33.1. The molecule has 2 aromatic carbocycles. The monoisotopic (exact) mass is 483 g/mol. The lowest BCUT2D eigenvalue weighted by molar-refractivity contribution is -0.00522. The first-order valence-corrected chi connectivity index (χ1v) is 14.0. The van der Waals surface area contributed by atoms with E-state index in [1.807, 2.05) is 6.07 Å². The standard InChI is InChI=1S/C27H37N3O3S/c1-18-16-30(17-19(2)33-18)23-7-5-6-21(13-23)26-27(3,4)14-22-12-20(8-11-25(22)29-26)15-28-34(31,32)24-9-10-24/h5-8,11-13,18-19,24,26,28-29H,9-10,14-17H2,1-4H3. The Balaban J connectivity index is 1.34. The molecule has 7 heteroatoms. The SMILES string of the molecule is CC1CN(c2cccc(C3Nc4ccc(CNS(=O)(=O)C5CC5)cc4CC3(C)C)c2)CC(C)O1. The van der Waals surface area contributed by atoms with Gasteiger partial charge in [-0.25, -0.2) is 13.1 Å². The topological polar surface area (TPSA) is 70.7 Å². The van der Waals surface area contributed by atoms with Gasteiger partial charge in [0.15, 0.2) is 0 Å². The van der Waals surface area contributed by atoms with Crippen LogP contribution in [0.5, 0.6) is 0 Å². The molecule has 0 bridgehead atoms. The van der Waals surface area contributed by atoms with Gasteiger partial charge in [0.1, 0.15) is 0 Å². The summed E-state index contributed by atoms with van der Waals surface area (Å²) in [5.41, 5.74) is 5.94. The third-order valence-corrected chi connectivity index (χ3v) is 9.22. The highest BCUT2D eigenvalue weighted by Crippen LogP contribution is 2.45. The maximum atomic E-state index is 12.2. The number of hydrogen-bond acceptors (Lipinski definition) is 5. The van der Waals surface area contributed by atoms with Crippen LogP contribution in [-0.4, -0.2) is 39.0 Å². The lowest BCUT2D eigenvalue weighted by atomic mass is 9.72. The predicted octanol–water partition coefficient (Wildman–Crippen LogP) is 4.62. The molecule has 2 aromatic rings. The number of rotatable bonds is 6. The van der Waals surface area contributed by atoms with Crippen LogP contribution in [0.3, 0.4) is 0 Å². The summed E-state index contributed by atoms with van der Waals surface area (Å²) in [4.78, 5) is 2.43. The average Bonchev–Trinajstić information content (AvgIpc) is 3.62. The number of anilines is 2. The molecule has 1 saturated heterocycles. The second-order valence-electron chi connectivity index (χ2n) is 11.1. The molecule has 34 heavy (non-hydrogen) atoms. The highest BCUT2D eigenvalue weighted by Gasteiger charge is 2.37. The molecule has 6 nitrogen and oxygen atoms in total. The first kappa shape index (κ1) is 23.6. The maximum absolute atomic E-state index is 12.2. The Hall–Kier alpha value is -2.09. The first-order chi connectivity index (χ1) is 16.1. The largest absolute Gasteiger partial charge is 0.377 e. The second kappa shape index (κ2) is 8.85. The van der Waals surface area contributed by atoms with Gasteiger partial charge in [-0.15, -0.1) is 0 Å². The molecule has 1 saturated carbocycles. The van der Waals surface area contributed by atoms with Crippen molar-refractivity contribution in [3.63, 3.8) is 0 Å². The Labute approximate surface area is 204 Å². The normalized spacial score (nSPS) is 26.6. The van der Waals surface area contributed by atoms with Crippen molar-refractivity contribution in [3.8, 4) is 0 Å². The van der Waals surface area contributed by atoms with Crippen LogP contribution in [0.2, 0.25) is 0 Å². The molecule has 3 atom stereocenters. The molecule has 0 aromatic heterocycles. The minimum Gasteiger partial charge on any atom is -0.377 e. The van der Waals surface area contributed by atoms with E-state index in [1.54, 1.807) is 0 Å². The highest BCUT2D eigenvalue weighted by molar-refractivity contribution is 7.90. The van der Waals surface area contributed by atoms with Crippen LogP contribution in [-0.2, 0) is 27.7 Å². The van der Waals surface area contributed by atoms with Gasteiger partial charge in [0, 0.05) is 31.0 Å². The van der Waals surface area contributed by atoms with E-state index >= 15 is 0 Å². The molecule has 1 aliphatic carbocycles. The second-order valence-corrected chi connectivity index (χ2v) is 13.1. The van der Waals surface area contributed by atoms with Gasteiger partial charge < -0.3 is 15.0 Å². The summed E-state index contributed by atoms with van der Waals surface area (Å²) in [6, 6.07) is 15.4. The zero-order chi connectivity index (χ0) is 24.1. The molecular weight excluding hydrogens is 446 g/mol. The van der Waals surface area contributed by atoms with E-state index in [2.05, 4.69) is 79.0 Å². The summed E-state index contributed by atoms with van der Waals surface area (Å²) in [7, 11) is -3.17. The number of nitrogens with one attached hydrogen (secondary N) is 2. The van der Waals surface area contributed by atoms with Crippen LogP contribution in [0.15, 0.2) is 42.5 Å². The molecular formula is C27H37N3O3S. The molecule has 2 aliphatic heterocycles. The van der Waals surface area contributed by atoms with Crippen molar-refractivity contribution in [2.75, 3.05) is 23.3 Å². The molecule has 0 spiro atoms. The van der Waals surface area contributed by atoms with E-state index in [-0.39, 0.29) is 28.9 Å². The van der Waals surface area contributed by atoms with Crippen LogP contribution in [0.4, 0.5) is 11.4 Å². The van der Waals surface area contributed by atoms with Gasteiger partial charge in [-0.3, -0.25) is 0 Å². The Kier molecular flexibility index (Phi) is 6.15. The average molecular weight is 484 g/mol. The van der Waals surface area contributed by atoms with Crippen molar-refractivity contribution in [3.05, 3.63) is 59.2 Å². The molecule has 0 amide bonds. The van der Waals surface area contributed by atoms with Gasteiger partial charge in [0.05, 0.1) is 23.5 Å². The fraction of sp³-hybridized carbons (Fsp3) is 0.556. The van der Waals surface area contributed by atoms with E-state index in [0.717, 1.165) is 43.6 Å². The predicted molar refractivity (Wildman–Crippen MR) is 138 cm³/mol. The zero-order valence-corrected chi connectivity index (χ0v) is 21.5. The fourth-order valence-corrected chi connectivity index (χ4v) is 6.85. The summed E-state index contributed by atoms with van der Waals surface area (Å²) in [6.07, 6.45) is 2.95. The molecule has 184 valence electrons. The van der Waals surface area contributed by atoms with Crippen molar-refractivity contribution in [1.82, 2.24) is 4.72 Å². The van der Waals surface area contributed by atoms with Gasteiger partial charge in [0.25, 0.3) is 0 Å². The third-order valence-electron chi connectivity index (χ3n) is 7.33. The van der Waals surface area contributed by atoms with E-state index in [0.29, 0.717) is 6.54 Å². The fourth-order valence-electron chi connectivity index (χ4n) is 5.49. The summed E-state index contributed by atoms with van der Waals surface area (Å²) in [5.74, 6) is 0. The van der Waals surface area contributed by atoms with Crippen LogP contribution < -0.4 is 14.9 Å². The highest BCUT2D eigenvalue weighted by atomic mass is 32.2. The lowest BCUT2D eigenvalue weighted by Gasteiger charge is -2.42. The quantitative estimate of drug-likeness (QED) is 0.628. The van der Waals surface area contributed by atoms with Crippen molar-refractivity contribution < 1.29 is 13.2 Å². The molecule has 3 unspecified atom stereocenters. The minimum absolute atomic E-state index is 0.00333. The van der Waals surface area contributed by atoms with Crippen LogP contribution in [0, 0.1) is 5.41 Å². The number of fused-ring (bicyclic) bond motifs is 1. The van der Waals surface area contributed by atoms with Crippen molar-refractivity contribution in [2.45, 2.75) is 77.0 Å². The van der Waals surface area contributed by atoms with Crippen LogP contribution >= 0.6 is 0 Å². The minimum atomic E-state index is -3.17. The smallest absolute Gasteiger partial charge is 0.214 e. The lowest BCUT2D eigenvalue weighted by Crippen LogP contribution is -2.45. The Morgan fingerprint density at radius 3 is 2.53 bits per heavy atom. The maximum Gasteiger partial charge on any atom is 0.214 e. The van der Waals surface area contributed by atoms with Gasteiger partial charge in [-0.1, -0.05) is 38.1 Å². The summed E-state index contributed by atoms with van der Waals surface area (Å²) in [5, 5.41) is 3.61. The zero-order valence-electron chi connectivity index (χ0n) is 20.7. The number of benzene rings is 2. The summed E-state index contributed by atoms with van der Waals surface area (Å²) in [6.45, 7) is 11.1. The van der Waals surface area contributed by atoms with Crippen molar-refractivity contribution in [2.24, 2.45) is 5.41 Å². The van der Waals surface area contributed by atoms with Gasteiger partial charge in [-0.2, -0.15) is 0 Å². The van der Waals surface area contributed by atoms with Crippen LogP contribution in [0.25, 0.3) is 0 Å². The van der Waals surface area contributed by atoms with Gasteiger partial charge in [0.2, 0.25) is 10.0 Å². The Bertz CT molecular complexity index is 1150. The molecule has 2 heterocycles. The van der Waals surface area contributed by atoms with E-state index < -0.39 is 10.0 Å². The molecule has 2 N–H and O–H groups in total. The van der Waals surface area contributed by atoms with Crippen LogP contribution in [0.1, 0.15) is 63.3 Å². The van der Waals surface area contributed by atoms with E-state index in [4.69, 9.17) is 4.74 Å². The molecule has 3 aliphatic rings. The van der Waals surface area contributed by atoms with Gasteiger partial charge in [-0.05, 0) is 73.4 Å². The number of ether oxygens (including phenoxy) is 1. The van der Waals surface area contributed by atoms with E-state index in [9.17, 15) is 8.42 Å². The van der Waals surface area contributed by atoms with E-state index in [1.165, 1.54) is 16.8 Å². The molecule has 0 radical (unpaired) electrons. The summed E-state index contributed by atoms with van der Waals surface area (Å²) >= 11 is 0. The molecule has 2 fully saturated rings. The van der Waals surface area contributed by atoms with Gasteiger partial charge >= 0.3 is 0 Å². The number of morpholine rings is 1. The first-order valence-electron chi connectivity index (χ1n) is 12.5. The Morgan fingerprint density at radius 1 is 1.09 bits per heavy atom. The van der Waals surface area contributed by atoms with Crippen molar-refractivity contribution in [1.29, 1.82) is 0 Å². The Morgan fingerprint density at radius 2 is 1.82 bits per heavy atom. The number of sulfonamides is 1. The number of nitrogens with zero attached hydrogens (tertiary/aromatic N) is 1.